The van der Waals surface area contributed by atoms with Crippen molar-refractivity contribution in [2.24, 2.45) is 5.92 Å². The second-order valence-corrected chi connectivity index (χ2v) is 12.3. The second kappa shape index (κ2) is 12.5. The zero-order valence-corrected chi connectivity index (χ0v) is 25.1. The second-order valence-electron chi connectivity index (χ2n) is 10.6. The normalized spacial score (nSPS) is 18.3. The number of carbonyl (C=O) groups excluding carboxylic acids is 1. The third-order valence-electron chi connectivity index (χ3n) is 7.26. The molecule has 1 aliphatic heterocycles. The maximum absolute atomic E-state index is 13.7. The highest BCUT2D eigenvalue weighted by Gasteiger charge is 2.34. The van der Waals surface area contributed by atoms with Gasteiger partial charge in [-0.2, -0.15) is 0 Å². The van der Waals surface area contributed by atoms with E-state index in [1.807, 2.05) is 38.2 Å². The van der Waals surface area contributed by atoms with Crippen molar-refractivity contribution in [3.05, 3.63) is 65.0 Å². The lowest BCUT2D eigenvalue weighted by molar-refractivity contribution is 0.0341. The van der Waals surface area contributed by atoms with Crippen molar-refractivity contribution < 1.29 is 32.3 Å². The molecule has 1 amide bonds. The molecule has 2 aromatic carbocycles. The lowest BCUT2D eigenvalue weighted by atomic mass is 9.99. The van der Waals surface area contributed by atoms with Gasteiger partial charge in [0.05, 0.1) is 25.3 Å². The van der Waals surface area contributed by atoms with E-state index >= 15 is 0 Å². The van der Waals surface area contributed by atoms with Gasteiger partial charge in [0.1, 0.15) is 23.3 Å². The molecule has 0 saturated carbocycles. The Labute approximate surface area is 241 Å². The van der Waals surface area contributed by atoms with Crippen LogP contribution in [-0.4, -0.2) is 80.4 Å². The topological polar surface area (TPSA) is 134 Å². The fourth-order valence-electron chi connectivity index (χ4n) is 4.98. The largest absolute Gasteiger partial charge is 0.497 e. The number of anilines is 1. The number of methoxy groups -OCH3 is 1. The predicted octanol–water partition coefficient (Wildman–Crippen LogP) is 3.45. The Morgan fingerprint density at radius 1 is 1.22 bits per heavy atom. The van der Waals surface area contributed by atoms with Gasteiger partial charge >= 0.3 is 0 Å². The Morgan fingerprint density at radius 2 is 1.93 bits per heavy atom. The van der Waals surface area contributed by atoms with Gasteiger partial charge in [-0.05, 0) is 63.7 Å². The molecule has 222 valence electrons. The Kier molecular flexibility index (Phi) is 9.25. The molecule has 4 rings (SSSR count). The van der Waals surface area contributed by atoms with Gasteiger partial charge in [-0.3, -0.25) is 14.4 Å². The summed E-state index contributed by atoms with van der Waals surface area (Å²) in [6.07, 6.45) is -0.289. The molecule has 0 fully saturated rings. The molecule has 0 bridgehead atoms. The van der Waals surface area contributed by atoms with E-state index in [-0.39, 0.29) is 52.1 Å². The molecule has 1 aliphatic rings. The quantitative estimate of drug-likeness (QED) is 0.366. The average Bonchev–Trinajstić information content (AvgIpc) is 3.29. The molecule has 0 spiro atoms. The van der Waals surface area contributed by atoms with E-state index in [1.54, 1.807) is 38.0 Å². The molecule has 0 unspecified atom stereocenters. The number of benzene rings is 2. The minimum absolute atomic E-state index is 0.0452. The standard InChI is InChI=1S/C29H38N4O7S/c1-18-14-33(19(2)17-34)29(35)25-13-23(31-41(36,37)28-20(3)30-40-21(28)4)9-12-26(25)39-27(18)16-32(5)15-22-7-10-24(38-6)11-8-22/h7-13,18-19,27,31,34H,14-17H2,1-6H3/t18-,19-,27-/m1/s1. The summed E-state index contributed by atoms with van der Waals surface area (Å²) in [5.41, 5.74) is 1.75. The van der Waals surface area contributed by atoms with E-state index in [1.165, 1.54) is 13.0 Å². The van der Waals surface area contributed by atoms with Crippen molar-refractivity contribution in [1.29, 1.82) is 0 Å². The number of amides is 1. The van der Waals surface area contributed by atoms with E-state index < -0.39 is 16.1 Å². The van der Waals surface area contributed by atoms with Gasteiger partial charge in [0, 0.05) is 31.2 Å². The van der Waals surface area contributed by atoms with Gasteiger partial charge in [0.2, 0.25) is 0 Å². The molecule has 0 radical (unpaired) electrons. The maximum Gasteiger partial charge on any atom is 0.267 e. The highest BCUT2D eigenvalue weighted by atomic mass is 32.2. The van der Waals surface area contributed by atoms with Crippen LogP contribution in [0.3, 0.4) is 0 Å². The first-order chi connectivity index (χ1) is 19.4. The zero-order valence-electron chi connectivity index (χ0n) is 24.2. The molecular weight excluding hydrogens is 548 g/mol. The van der Waals surface area contributed by atoms with E-state index in [9.17, 15) is 18.3 Å². The number of sulfonamides is 1. The van der Waals surface area contributed by atoms with Crippen LogP contribution in [0.5, 0.6) is 11.5 Å². The number of fused-ring (bicyclic) bond motifs is 1. The number of likely N-dealkylation sites (N-methyl/N-ethyl adjacent to an activating group) is 1. The van der Waals surface area contributed by atoms with Crippen LogP contribution in [0.25, 0.3) is 0 Å². The molecule has 11 nitrogen and oxygen atoms in total. The molecular formula is C29H38N4O7S. The molecule has 3 aromatic rings. The van der Waals surface area contributed by atoms with Crippen LogP contribution in [0, 0.1) is 19.8 Å². The van der Waals surface area contributed by atoms with E-state index in [0.29, 0.717) is 25.4 Å². The Morgan fingerprint density at radius 3 is 2.54 bits per heavy atom. The number of nitrogens with one attached hydrogen (secondary N) is 1. The summed E-state index contributed by atoms with van der Waals surface area (Å²) in [6.45, 7) is 8.27. The van der Waals surface area contributed by atoms with Crippen LogP contribution in [-0.2, 0) is 16.6 Å². The van der Waals surface area contributed by atoms with Crippen LogP contribution >= 0.6 is 0 Å². The first-order valence-corrected chi connectivity index (χ1v) is 14.9. The molecule has 1 aromatic heterocycles. The third-order valence-corrected chi connectivity index (χ3v) is 8.88. The van der Waals surface area contributed by atoms with Crippen molar-refractivity contribution >= 4 is 21.6 Å². The minimum Gasteiger partial charge on any atom is -0.497 e. The Bertz CT molecular complexity index is 1450. The third kappa shape index (κ3) is 6.83. The number of hydrogen-bond donors (Lipinski definition) is 2. The number of aliphatic hydroxyl groups is 1. The number of nitrogens with zero attached hydrogens (tertiary/aromatic N) is 3. The smallest absolute Gasteiger partial charge is 0.267 e. The fraction of sp³-hybridized carbons (Fsp3) is 0.448. The summed E-state index contributed by atoms with van der Waals surface area (Å²) in [5, 5.41) is 13.7. The Hall–Kier alpha value is -3.61. The maximum atomic E-state index is 13.7. The van der Waals surface area contributed by atoms with Crippen molar-refractivity contribution in [2.45, 2.75) is 51.3 Å². The molecule has 12 heteroatoms. The number of aryl methyl sites for hydroxylation is 2. The van der Waals surface area contributed by atoms with Crippen LogP contribution in [0.2, 0.25) is 0 Å². The predicted molar refractivity (Wildman–Crippen MR) is 154 cm³/mol. The number of aliphatic hydroxyl groups excluding tert-OH is 1. The van der Waals surface area contributed by atoms with Crippen LogP contribution in [0.4, 0.5) is 5.69 Å². The van der Waals surface area contributed by atoms with Crippen molar-refractivity contribution in [2.75, 3.05) is 38.6 Å². The molecule has 0 saturated heterocycles. The van der Waals surface area contributed by atoms with E-state index in [4.69, 9.17) is 14.0 Å². The zero-order chi connectivity index (χ0) is 29.9. The fourth-order valence-corrected chi connectivity index (χ4v) is 6.36. The van der Waals surface area contributed by atoms with Crippen molar-refractivity contribution in [3.63, 3.8) is 0 Å². The summed E-state index contributed by atoms with van der Waals surface area (Å²) < 4.78 is 45.5. The lowest BCUT2D eigenvalue weighted by Crippen LogP contribution is -2.49. The highest BCUT2D eigenvalue weighted by molar-refractivity contribution is 7.92. The molecule has 2 N–H and O–H groups in total. The average molecular weight is 587 g/mol. The summed E-state index contributed by atoms with van der Waals surface area (Å²) in [5.74, 6) is 0.897. The number of ether oxygens (including phenoxy) is 2. The van der Waals surface area contributed by atoms with Crippen LogP contribution < -0.4 is 14.2 Å². The number of rotatable bonds is 10. The summed E-state index contributed by atoms with van der Waals surface area (Å²) in [4.78, 5) is 17.5. The van der Waals surface area contributed by atoms with Gasteiger partial charge < -0.3 is 24.0 Å². The van der Waals surface area contributed by atoms with Gasteiger partial charge in [0.25, 0.3) is 15.9 Å². The van der Waals surface area contributed by atoms with Gasteiger partial charge in [-0.15, -0.1) is 0 Å². The van der Waals surface area contributed by atoms with Crippen LogP contribution in [0.15, 0.2) is 51.9 Å². The highest BCUT2D eigenvalue weighted by Crippen LogP contribution is 2.32. The molecule has 0 aliphatic carbocycles. The first-order valence-electron chi connectivity index (χ1n) is 13.4. The van der Waals surface area contributed by atoms with Crippen molar-refractivity contribution in [3.8, 4) is 11.5 Å². The molecule has 3 atom stereocenters. The Balaban J connectivity index is 1.62. The molecule has 41 heavy (non-hydrogen) atoms. The summed E-state index contributed by atoms with van der Waals surface area (Å²) in [7, 11) is -0.383. The molecule has 2 heterocycles. The number of hydrogen-bond acceptors (Lipinski definition) is 9. The summed E-state index contributed by atoms with van der Waals surface area (Å²) >= 11 is 0. The van der Waals surface area contributed by atoms with E-state index in [0.717, 1.165) is 11.3 Å². The number of carbonyl (C=O) groups is 1. The summed E-state index contributed by atoms with van der Waals surface area (Å²) in [6, 6.07) is 12.1. The van der Waals surface area contributed by atoms with Crippen LogP contribution in [0.1, 0.15) is 41.2 Å². The van der Waals surface area contributed by atoms with Gasteiger partial charge in [-0.25, -0.2) is 8.42 Å². The van der Waals surface area contributed by atoms with Crippen molar-refractivity contribution in [1.82, 2.24) is 15.0 Å². The first kappa shape index (κ1) is 30.4. The minimum atomic E-state index is -4.02. The monoisotopic (exact) mass is 586 g/mol. The van der Waals surface area contributed by atoms with Gasteiger partial charge in [-0.1, -0.05) is 24.2 Å². The SMILES string of the molecule is COc1ccc(CN(C)C[C@H]2Oc3ccc(NS(=O)(=O)c4c(C)noc4C)cc3C(=O)N([C@H](C)CO)C[C@H]2C)cc1. The number of aromatic nitrogens is 1. The van der Waals surface area contributed by atoms with Gasteiger partial charge in [0.15, 0.2) is 10.7 Å². The lowest BCUT2D eigenvalue weighted by Gasteiger charge is -2.38. The van der Waals surface area contributed by atoms with E-state index in [2.05, 4.69) is 14.8 Å².